The van der Waals surface area contributed by atoms with Gasteiger partial charge in [0.1, 0.15) is 5.76 Å². The summed E-state index contributed by atoms with van der Waals surface area (Å²) in [7, 11) is -3.75. The predicted molar refractivity (Wildman–Crippen MR) is 67.9 cm³/mol. The highest BCUT2D eigenvalue weighted by molar-refractivity contribution is 7.92. The molecule has 0 saturated heterocycles. The molecule has 0 saturated carbocycles. The number of nitrogens with zero attached hydrogens (tertiary/aromatic N) is 1. The third-order valence-corrected chi connectivity index (χ3v) is 3.84. The van der Waals surface area contributed by atoms with Gasteiger partial charge >= 0.3 is 0 Å². The molecular weight excluding hydrogens is 278 g/mol. The zero-order valence-corrected chi connectivity index (χ0v) is 10.9. The summed E-state index contributed by atoms with van der Waals surface area (Å²) in [6, 6.07) is 5.52. The Bertz CT molecular complexity index is 681. The van der Waals surface area contributed by atoms with Crippen molar-refractivity contribution in [3.8, 4) is 0 Å². The minimum atomic E-state index is -3.75. The summed E-state index contributed by atoms with van der Waals surface area (Å²) >= 11 is 5.73. The SMILES string of the molecule is Cc1cc(NS(=O)(=O)c2ccc(Cl)c(N)c2)no1. The second kappa shape index (κ2) is 4.51. The molecule has 2 aromatic rings. The van der Waals surface area contributed by atoms with Gasteiger partial charge in [-0.15, -0.1) is 0 Å². The van der Waals surface area contributed by atoms with Crippen LogP contribution in [0, 0.1) is 6.92 Å². The fraction of sp³-hybridized carbons (Fsp3) is 0.100. The largest absolute Gasteiger partial charge is 0.397 e. The number of sulfonamides is 1. The van der Waals surface area contributed by atoms with Crippen molar-refractivity contribution in [2.24, 2.45) is 0 Å². The summed E-state index contributed by atoms with van der Waals surface area (Å²) in [6.07, 6.45) is 0. The van der Waals surface area contributed by atoms with Gasteiger partial charge in [0.15, 0.2) is 5.82 Å². The van der Waals surface area contributed by atoms with Crippen LogP contribution in [0.25, 0.3) is 0 Å². The topological polar surface area (TPSA) is 98.2 Å². The van der Waals surface area contributed by atoms with Crippen LogP contribution < -0.4 is 10.5 Å². The fourth-order valence-electron chi connectivity index (χ4n) is 1.30. The normalized spacial score (nSPS) is 11.4. The van der Waals surface area contributed by atoms with E-state index < -0.39 is 10.0 Å². The number of aryl methyl sites for hydroxylation is 1. The lowest BCUT2D eigenvalue weighted by Crippen LogP contribution is -2.13. The van der Waals surface area contributed by atoms with Gasteiger partial charge in [-0.25, -0.2) is 8.42 Å². The molecule has 0 radical (unpaired) electrons. The molecule has 0 unspecified atom stereocenters. The first-order chi connectivity index (χ1) is 8.38. The molecule has 0 aliphatic heterocycles. The monoisotopic (exact) mass is 287 g/mol. The molecule has 0 amide bonds. The zero-order chi connectivity index (χ0) is 13.3. The Kier molecular flexibility index (Phi) is 3.18. The number of benzene rings is 1. The molecule has 6 nitrogen and oxygen atoms in total. The van der Waals surface area contributed by atoms with Crippen molar-refractivity contribution in [3.05, 3.63) is 35.0 Å². The molecule has 0 spiro atoms. The summed E-state index contributed by atoms with van der Waals surface area (Å²) in [5.41, 5.74) is 5.75. The van der Waals surface area contributed by atoms with Crippen molar-refractivity contribution in [2.75, 3.05) is 10.5 Å². The number of hydrogen-bond acceptors (Lipinski definition) is 5. The maximum absolute atomic E-state index is 12.0. The molecule has 96 valence electrons. The van der Waals surface area contributed by atoms with E-state index in [0.29, 0.717) is 10.8 Å². The molecule has 0 atom stereocenters. The molecular formula is C10H10ClN3O3S. The second-order valence-electron chi connectivity index (χ2n) is 3.61. The van der Waals surface area contributed by atoms with E-state index in [4.69, 9.17) is 21.9 Å². The van der Waals surface area contributed by atoms with Crippen LogP contribution in [0.2, 0.25) is 5.02 Å². The molecule has 0 fully saturated rings. The van der Waals surface area contributed by atoms with Crippen molar-refractivity contribution >= 4 is 33.1 Å². The van der Waals surface area contributed by atoms with Crippen LogP contribution in [0.4, 0.5) is 11.5 Å². The molecule has 3 N–H and O–H groups in total. The highest BCUT2D eigenvalue weighted by Gasteiger charge is 2.17. The van der Waals surface area contributed by atoms with Crippen molar-refractivity contribution < 1.29 is 12.9 Å². The molecule has 18 heavy (non-hydrogen) atoms. The van der Waals surface area contributed by atoms with Crippen molar-refractivity contribution in [1.82, 2.24) is 5.16 Å². The highest BCUT2D eigenvalue weighted by Crippen LogP contribution is 2.23. The van der Waals surface area contributed by atoms with Gasteiger partial charge in [0.05, 0.1) is 15.6 Å². The third-order valence-electron chi connectivity index (χ3n) is 2.14. The Balaban J connectivity index is 2.33. The molecule has 0 bridgehead atoms. The minimum absolute atomic E-state index is 0.00468. The number of anilines is 2. The van der Waals surface area contributed by atoms with Gasteiger partial charge < -0.3 is 10.3 Å². The van der Waals surface area contributed by atoms with Crippen LogP contribution in [0.15, 0.2) is 33.7 Å². The lowest BCUT2D eigenvalue weighted by molar-refractivity contribution is 0.400. The van der Waals surface area contributed by atoms with E-state index in [9.17, 15) is 8.42 Å². The molecule has 0 aliphatic carbocycles. The number of halogens is 1. The van der Waals surface area contributed by atoms with Gasteiger partial charge in [-0.1, -0.05) is 16.8 Å². The minimum Gasteiger partial charge on any atom is -0.397 e. The van der Waals surface area contributed by atoms with Crippen LogP contribution in [0.5, 0.6) is 0 Å². The standard InChI is InChI=1S/C10H10ClN3O3S/c1-6-4-10(13-17-6)14-18(15,16)7-2-3-8(11)9(12)5-7/h2-5H,12H2,1H3,(H,13,14). The number of nitrogens with two attached hydrogens (primary N) is 1. The third kappa shape index (κ3) is 2.57. The van der Waals surface area contributed by atoms with Gasteiger partial charge in [-0.05, 0) is 25.1 Å². The van der Waals surface area contributed by atoms with Crippen LogP contribution in [-0.2, 0) is 10.0 Å². The van der Waals surface area contributed by atoms with Gasteiger partial charge in [-0.2, -0.15) is 0 Å². The van der Waals surface area contributed by atoms with E-state index in [2.05, 4.69) is 9.88 Å². The number of aromatic nitrogens is 1. The van der Waals surface area contributed by atoms with Crippen LogP contribution in [0.3, 0.4) is 0 Å². The molecule has 0 aliphatic rings. The lowest BCUT2D eigenvalue weighted by atomic mass is 10.3. The van der Waals surface area contributed by atoms with E-state index in [1.807, 2.05) is 0 Å². The number of rotatable bonds is 3. The average molecular weight is 288 g/mol. The van der Waals surface area contributed by atoms with Gasteiger partial charge in [-0.3, -0.25) is 4.72 Å². The summed E-state index contributed by atoms with van der Waals surface area (Å²) < 4.78 is 31.0. The average Bonchev–Trinajstić information content (AvgIpc) is 2.67. The first-order valence-corrected chi connectivity index (χ1v) is 6.76. The molecule has 1 aromatic heterocycles. The smallest absolute Gasteiger partial charge is 0.263 e. The quantitative estimate of drug-likeness (QED) is 0.842. The van der Waals surface area contributed by atoms with E-state index in [0.717, 1.165) is 0 Å². The van der Waals surface area contributed by atoms with Crippen LogP contribution in [0.1, 0.15) is 5.76 Å². The van der Waals surface area contributed by atoms with Crippen molar-refractivity contribution in [1.29, 1.82) is 0 Å². The van der Waals surface area contributed by atoms with Crippen molar-refractivity contribution in [3.63, 3.8) is 0 Å². The number of hydrogen-bond donors (Lipinski definition) is 2. The Hall–Kier alpha value is -1.73. The number of nitrogen functional groups attached to an aromatic ring is 1. The fourth-order valence-corrected chi connectivity index (χ4v) is 2.44. The molecule has 1 heterocycles. The first kappa shape index (κ1) is 12.7. The summed E-state index contributed by atoms with van der Waals surface area (Å²) in [6.45, 7) is 1.66. The Morgan fingerprint density at radius 1 is 1.39 bits per heavy atom. The lowest BCUT2D eigenvalue weighted by Gasteiger charge is -2.06. The predicted octanol–water partition coefficient (Wildman–Crippen LogP) is 2.02. The van der Waals surface area contributed by atoms with Crippen LogP contribution >= 0.6 is 11.6 Å². The maximum atomic E-state index is 12.0. The first-order valence-electron chi connectivity index (χ1n) is 4.89. The van der Waals surface area contributed by atoms with E-state index >= 15 is 0 Å². The van der Waals surface area contributed by atoms with Gasteiger partial charge in [0.25, 0.3) is 10.0 Å². The number of nitrogens with one attached hydrogen (secondary N) is 1. The highest BCUT2D eigenvalue weighted by atomic mass is 35.5. The van der Waals surface area contributed by atoms with Crippen molar-refractivity contribution in [2.45, 2.75) is 11.8 Å². The molecule has 1 aromatic carbocycles. The Morgan fingerprint density at radius 2 is 2.11 bits per heavy atom. The molecule has 2 rings (SSSR count). The Morgan fingerprint density at radius 3 is 2.67 bits per heavy atom. The maximum Gasteiger partial charge on any atom is 0.263 e. The molecule has 8 heteroatoms. The van der Waals surface area contributed by atoms with Gasteiger partial charge in [0, 0.05) is 6.07 Å². The summed E-state index contributed by atoms with van der Waals surface area (Å²) in [4.78, 5) is 0.00468. The zero-order valence-electron chi connectivity index (χ0n) is 9.34. The van der Waals surface area contributed by atoms with E-state index in [1.165, 1.54) is 24.3 Å². The summed E-state index contributed by atoms with van der Waals surface area (Å²) in [5.74, 6) is 0.615. The van der Waals surface area contributed by atoms with E-state index in [-0.39, 0.29) is 16.4 Å². The van der Waals surface area contributed by atoms with Crippen LogP contribution in [-0.4, -0.2) is 13.6 Å². The second-order valence-corrected chi connectivity index (χ2v) is 5.70. The van der Waals surface area contributed by atoms with E-state index in [1.54, 1.807) is 6.92 Å². The van der Waals surface area contributed by atoms with Gasteiger partial charge in [0.2, 0.25) is 0 Å². The Labute approximate surface area is 109 Å². The summed E-state index contributed by atoms with van der Waals surface area (Å²) in [5, 5.41) is 3.84.